The van der Waals surface area contributed by atoms with E-state index in [9.17, 15) is 4.79 Å². The number of hydrogen-bond donors (Lipinski definition) is 1. The molecule has 2 atom stereocenters. The third kappa shape index (κ3) is 2.95. The van der Waals surface area contributed by atoms with E-state index in [1.54, 1.807) is 0 Å². The molecule has 0 radical (unpaired) electrons. The largest absolute Gasteiger partial charge is 0.381 e. The summed E-state index contributed by atoms with van der Waals surface area (Å²) in [5.74, 6) is 0.776. The zero-order valence-corrected chi connectivity index (χ0v) is 10.1. The molecule has 2 saturated heterocycles. The van der Waals surface area contributed by atoms with Gasteiger partial charge in [0.2, 0.25) is 5.91 Å². The Bertz CT molecular complexity index is 239. The van der Waals surface area contributed by atoms with E-state index in [0.29, 0.717) is 24.3 Å². The first-order chi connectivity index (χ1) is 7.79. The molecule has 2 rings (SSSR count). The van der Waals surface area contributed by atoms with E-state index in [-0.39, 0.29) is 0 Å². The van der Waals surface area contributed by atoms with Gasteiger partial charge in [-0.05, 0) is 32.2 Å². The molecular formula is C12H22N2O2. The van der Waals surface area contributed by atoms with Gasteiger partial charge in [-0.2, -0.15) is 0 Å². The van der Waals surface area contributed by atoms with Gasteiger partial charge in [0, 0.05) is 38.8 Å². The maximum absolute atomic E-state index is 12.1. The molecule has 0 saturated carbocycles. The Balaban J connectivity index is 1.79. The van der Waals surface area contributed by atoms with Gasteiger partial charge < -0.3 is 15.0 Å². The van der Waals surface area contributed by atoms with E-state index in [2.05, 4.69) is 5.32 Å². The number of likely N-dealkylation sites (tertiary alicyclic amines) is 1. The highest BCUT2D eigenvalue weighted by Crippen LogP contribution is 2.19. The van der Waals surface area contributed by atoms with Gasteiger partial charge in [-0.25, -0.2) is 0 Å². The van der Waals surface area contributed by atoms with Crippen LogP contribution in [0.25, 0.3) is 0 Å². The van der Waals surface area contributed by atoms with Gasteiger partial charge in [0.25, 0.3) is 0 Å². The highest BCUT2D eigenvalue weighted by Gasteiger charge is 2.26. The average molecular weight is 226 g/mol. The molecule has 4 heteroatoms. The van der Waals surface area contributed by atoms with Gasteiger partial charge in [0.1, 0.15) is 0 Å². The molecule has 2 fully saturated rings. The SMILES string of the molecule is CNC1CCCN(C(=O)CC2CCOC2)C1. The summed E-state index contributed by atoms with van der Waals surface area (Å²) in [4.78, 5) is 14.1. The maximum Gasteiger partial charge on any atom is 0.222 e. The number of hydrogen-bond acceptors (Lipinski definition) is 3. The molecule has 1 N–H and O–H groups in total. The van der Waals surface area contributed by atoms with Crippen molar-refractivity contribution in [1.82, 2.24) is 10.2 Å². The molecule has 2 unspecified atom stereocenters. The maximum atomic E-state index is 12.1. The Morgan fingerprint density at radius 1 is 1.50 bits per heavy atom. The predicted octanol–water partition coefficient (Wildman–Crippen LogP) is 0.623. The lowest BCUT2D eigenvalue weighted by Crippen LogP contribution is -2.47. The monoisotopic (exact) mass is 226 g/mol. The number of rotatable bonds is 3. The van der Waals surface area contributed by atoms with Gasteiger partial charge in [-0.1, -0.05) is 0 Å². The van der Waals surface area contributed by atoms with E-state index in [0.717, 1.165) is 39.1 Å². The molecule has 0 bridgehead atoms. The van der Waals surface area contributed by atoms with Crippen LogP contribution in [0.4, 0.5) is 0 Å². The molecule has 4 nitrogen and oxygen atoms in total. The number of carbonyl (C=O) groups excluding carboxylic acids is 1. The molecule has 0 aromatic rings. The van der Waals surface area contributed by atoms with Crippen LogP contribution < -0.4 is 5.32 Å². The van der Waals surface area contributed by atoms with E-state index in [1.165, 1.54) is 6.42 Å². The van der Waals surface area contributed by atoms with Crippen LogP contribution in [0, 0.1) is 5.92 Å². The lowest BCUT2D eigenvalue weighted by molar-refractivity contribution is -0.133. The van der Waals surface area contributed by atoms with Crippen LogP contribution in [0.3, 0.4) is 0 Å². The third-order valence-electron chi connectivity index (χ3n) is 3.67. The van der Waals surface area contributed by atoms with Crippen molar-refractivity contribution in [3.63, 3.8) is 0 Å². The minimum atomic E-state index is 0.315. The summed E-state index contributed by atoms with van der Waals surface area (Å²) in [6, 6.07) is 0.484. The molecule has 1 amide bonds. The van der Waals surface area contributed by atoms with Crippen LogP contribution >= 0.6 is 0 Å². The molecule has 0 aromatic carbocycles. The third-order valence-corrected chi connectivity index (χ3v) is 3.67. The Kier molecular flexibility index (Phi) is 4.18. The second kappa shape index (κ2) is 5.64. The fraction of sp³-hybridized carbons (Fsp3) is 0.917. The topological polar surface area (TPSA) is 41.6 Å². The van der Waals surface area contributed by atoms with Crippen molar-refractivity contribution in [3.8, 4) is 0 Å². The second-order valence-corrected chi connectivity index (χ2v) is 4.90. The Hall–Kier alpha value is -0.610. The van der Waals surface area contributed by atoms with Crippen molar-refractivity contribution in [2.75, 3.05) is 33.4 Å². The van der Waals surface area contributed by atoms with E-state index in [1.807, 2.05) is 11.9 Å². The van der Waals surface area contributed by atoms with Gasteiger partial charge in [0.05, 0.1) is 0 Å². The first-order valence-electron chi connectivity index (χ1n) is 6.32. The fourth-order valence-corrected chi connectivity index (χ4v) is 2.56. The van der Waals surface area contributed by atoms with Crippen LogP contribution in [-0.4, -0.2) is 50.2 Å². The summed E-state index contributed by atoms with van der Waals surface area (Å²) < 4.78 is 5.30. The van der Waals surface area contributed by atoms with Crippen LogP contribution in [-0.2, 0) is 9.53 Å². The van der Waals surface area contributed by atoms with Crippen molar-refractivity contribution in [2.45, 2.75) is 31.7 Å². The lowest BCUT2D eigenvalue weighted by Gasteiger charge is -2.33. The van der Waals surface area contributed by atoms with E-state index >= 15 is 0 Å². The van der Waals surface area contributed by atoms with Crippen molar-refractivity contribution < 1.29 is 9.53 Å². The summed E-state index contributed by atoms with van der Waals surface area (Å²) in [7, 11) is 1.98. The molecule has 0 aromatic heterocycles. The Labute approximate surface area is 97.3 Å². The van der Waals surface area contributed by atoms with E-state index in [4.69, 9.17) is 4.74 Å². The Morgan fingerprint density at radius 2 is 2.38 bits per heavy atom. The minimum Gasteiger partial charge on any atom is -0.381 e. The molecular weight excluding hydrogens is 204 g/mol. The van der Waals surface area contributed by atoms with Crippen molar-refractivity contribution in [2.24, 2.45) is 5.92 Å². The number of amides is 1. The highest BCUT2D eigenvalue weighted by molar-refractivity contribution is 5.76. The summed E-state index contributed by atoms with van der Waals surface area (Å²) >= 11 is 0. The summed E-state index contributed by atoms with van der Waals surface area (Å²) in [6.07, 6.45) is 4.04. The molecule has 2 aliphatic rings. The van der Waals surface area contributed by atoms with E-state index < -0.39 is 0 Å². The normalized spacial score (nSPS) is 30.7. The highest BCUT2D eigenvalue weighted by atomic mass is 16.5. The van der Waals surface area contributed by atoms with Crippen LogP contribution in [0.2, 0.25) is 0 Å². The number of carbonyl (C=O) groups is 1. The first kappa shape index (κ1) is 11.9. The van der Waals surface area contributed by atoms with Gasteiger partial charge in [-0.3, -0.25) is 4.79 Å². The van der Waals surface area contributed by atoms with Gasteiger partial charge in [-0.15, -0.1) is 0 Å². The predicted molar refractivity (Wildman–Crippen MR) is 62.2 cm³/mol. The molecule has 2 aliphatic heterocycles. The summed E-state index contributed by atoms with van der Waals surface area (Å²) in [5, 5.41) is 3.26. The van der Waals surface area contributed by atoms with Gasteiger partial charge in [0.15, 0.2) is 0 Å². The summed E-state index contributed by atoms with van der Waals surface area (Å²) in [5.41, 5.74) is 0. The number of piperidine rings is 1. The second-order valence-electron chi connectivity index (χ2n) is 4.90. The Morgan fingerprint density at radius 3 is 3.06 bits per heavy atom. The molecule has 92 valence electrons. The molecule has 2 heterocycles. The number of likely N-dealkylation sites (N-methyl/N-ethyl adjacent to an activating group) is 1. The molecule has 0 aliphatic carbocycles. The lowest BCUT2D eigenvalue weighted by atomic mass is 10.0. The van der Waals surface area contributed by atoms with Crippen molar-refractivity contribution in [3.05, 3.63) is 0 Å². The molecule has 0 spiro atoms. The number of ether oxygens (including phenoxy) is 1. The van der Waals surface area contributed by atoms with Crippen LogP contribution in [0.15, 0.2) is 0 Å². The fourth-order valence-electron chi connectivity index (χ4n) is 2.56. The molecule has 16 heavy (non-hydrogen) atoms. The number of nitrogens with zero attached hydrogens (tertiary/aromatic N) is 1. The van der Waals surface area contributed by atoms with Crippen LogP contribution in [0.1, 0.15) is 25.7 Å². The average Bonchev–Trinajstić information content (AvgIpc) is 2.82. The smallest absolute Gasteiger partial charge is 0.222 e. The summed E-state index contributed by atoms with van der Waals surface area (Å²) in [6.45, 7) is 3.42. The van der Waals surface area contributed by atoms with Gasteiger partial charge >= 0.3 is 0 Å². The first-order valence-corrected chi connectivity index (χ1v) is 6.32. The number of nitrogens with one attached hydrogen (secondary N) is 1. The zero-order valence-electron chi connectivity index (χ0n) is 10.1. The van der Waals surface area contributed by atoms with Crippen molar-refractivity contribution in [1.29, 1.82) is 0 Å². The van der Waals surface area contributed by atoms with Crippen LogP contribution in [0.5, 0.6) is 0 Å². The zero-order chi connectivity index (χ0) is 11.4. The minimum absolute atomic E-state index is 0.315. The standard InChI is InChI=1S/C12H22N2O2/c1-13-11-3-2-5-14(8-11)12(15)7-10-4-6-16-9-10/h10-11,13H,2-9H2,1H3. The van der Waals surface area contributed by atoms with Crippen molar-refractivity contribution >= 4 is 5.91 Å². The quantitative estimate of drug-likeness (QED) is 0.767.